The average Bonchev–Trinajstić information content (AvgIpc) is 2.47. The number of nitrogens with one attached hydrogen (secondary N) is 3. The van der Waals surface area contributed by atoms with Gasteiger partial charge in [0.25, 0.3) is 0 Å². The fraction of sp³-hybridized carbons (Fsp3) is 1.00. The van der Waals surface area contributed by atoms with Gasteiger partial charge in [-0.3, -0.25) is 0 Å². The minimum absolute atomic E-state index is 0.379. The Morgan fingerprint density at radius 1 is 1.10 bits per heavy atom. The van der Waals surface area contributed by atoms with Crippen LogP contribution in [-0.4, -0.2) is 25.2 Å². The van der Waals surface area contributed by atoms with Crippen molar-refractivity contribution in [3.05, 3.63) is 0 Å². The molecule has 0 aromatic carbocycles. The normalized spacial score (nSPS) is 31.1. The molecule has 3 atom stereocenters. The van der Waals surface area contributed by atoms with Crippen molar-refractivity contribution in [2.75, 3.05) is 13.1 Å². The van der Waals surface area contributed by atoms with Crippen LogP contribution in [0.2, 0.25) is 0 Å². The Hall–Kier alpha value is -0.200. The fourth-order valence-corrected chi connectivity index (χ4v) is 3.05. The van der Waals surface area contributed by atoms with Crippen molar-refractivity contribution in [3.8, 4) is 0 Å². The Morgan fingerprint density at radius 2 is 1.95 bits per heavy atom. The van der Waals surface area contributed by atoms with Gasteiger partial charge in [0.1, 0.15) is 0 Å². The highest BCUT2D eigenvalue weighted by Crippen LogP contribution is 2.20. The molecule has 0 spiro atoms. The van der Waals surface area contributed by atoms with Crippen LogP contribution >= 0.6 is 0 Å². The van der Waals surface area contributed by atoms with E-state index in [1.165, 1.54) is 38.5 Å². The van der Waals surface area contributed by atoms with Gasteiger partial charge in [-0.15, -0.1) is 0 Å². The summed E-state index contributed by atoms with van der Waals surface area (Å²) in [4.78, 5) is 0. The topological polar surface area (TPSA) is 88.1 Å². The molecule has 5 heteroatoms. The summed E-state index contributed by atoms with van der Waals surface area (Å²) in [5, 5.41) is 0. The van der Waals surface area contributed by atoms with Crippen molar-refractivity contribution in [3.63, 3.8) is 0 Å². The lowest BCUT2D eigenvalue weighted by Crippen LogP contribution is -2.49. The van der Waals surface area contributed by atoms with E-state index in [0.29, 0.717) is 18.0 Å². The maximum atomic E-state index is 6.36. The molecule has 1 fully saturated rings. The second kappa shape index (κ2) is 11.5. The highest BCUT2D eigenvalue weighted by atomic mass is 15.6. The smallest absolute Gasteiger partial charge is 0.0226 e. The van der Waals surface area contributed by atoms with Crippen LogP contribution in [0.3, 0.4) is 0 Å². The van der Waals surface area contributed by atoms with Gasteiger partial charge in [-0.1, -0.05) is 26.2 Å². The van der Waals surface area contributed by atoms with Gasteiger partial charge in [0, 0.05) is 18.6 Å². The van der Waals surface area contributed by atoms with E-state index in [4.69, 9.17) is 11.5 Å². The molecule has 0 aromatic rings. The number of nitrogens with two attached hydrogens (primary N) is 2. The summed E-state index contributed by atoms with van der Waals surface area (Å²) in [7, 11) is 0. The molecule has 0 radical (unpaired) electrons. The number of hydrogen-bond donors (Lipinski definition) is 5. The van der Waals surface area contributed by atoms with Crippen molar-refractivity contribution >= 4 is 0 Å². The predicted molar refractivity (Wildman–Crippen MR) is 85.8 cm³/mol. The van der Waals surface area contributed by atoms with Gasteiger partial charge in [-0.2, -0.15) is 5.53 Å². The quantitative estimate of drug-likeness (QED) is 0.539. The molecule has 20 heavy (non-hydrogen) atoms. The first-order valence-electron chi connectivity index (χ1n) is 8.47. The first-order chi connectivity index (χ1) is 9.77. The molecule has 1 saturated heterocycles. The van der Waals surface area contributed by atoms with Gasteiger partial charge in [0.2, 0.25) is 0 Å². The lowest BCUT2D eigenvalue weighted by Gasteiger charge is -2.23. The minimum atomic E-state index is 0.379. The standard InChI is InChI=1S/C15H35N5/c1-2-13-7-5-8-14(9-6-11-16)19-20-18-12-4-3-10-15(13)17/h13-15,18-20H,2-12,16-17H2,1H3. The molecule has 1 heterocycles. The highest BCUT2D eigenvalue weighted by molar-refractivity contribution is 4.74. The third-order valence-corrected chi connectivity index (χ3v) is 4.47. The SMILES string of the molecule is CCC1CCCC(CCCN)NNNCCCCC1N. The number of hydrogen-bond acceptors (Lipinski definition) is 5. The van der Waals surface area contributed by atoms with E-state index in [2.05, 4.69) is 23.3 Å². The van der Waals surface area contributed by atoms with Crippen LogP contribution in [0.25, 0.3) is 0 Å². The van der Waals surface area contributed by atoms with Crippen LogP contribution in [0, 0.1) is 5.92 Å². The Bertz CT molecular complexity index is 224. The fourth-order valence-electron chi connectivity index (χ4n) is 3.05. The Balaban J connectivity index is 2.44. The van der Waals surface area contributed by atoms with E-state index in [1.54, 1.807) is 0 Å². The molecular formula is C15H35N5. The summed E-state index contributed by atoms with van der Waals surface area (Å²) in [6.07, 6.45) is 10.7. The second-order valence-electron chi connectivity index (χ2n) is 6.08. The van der Waals surface area contributed by atoms with E-state index in [1.807, 2.05) is 0 Å². The number of rotatable bonds is 4. The molecule has 0 aromatic heterocycles. The zero-order valence-electron chi connectivity index (χ0n) is 13.2. The summed E-state index contributed by atoms with van der Waals surface area (Å²) < 4.78 is 0. The van der Waals surface area contributed by atoms with Crippen LogP contribution in [-0.2, 0) is 0 Å². The van der Waals surface area contributed by atoms with Crippen molar-refractivity contribution in [2.45, 2.75) is 76.8 Å². The Morgan fingerprint density at radius 3 is 2.70 bits per heavy atom. The first kappa shape index (κ1) is 17.9. The summed E-state index contributed by atoms with van der Waals surface area (Å²) in [5.41, 5.74) is 21.7. The zero-order chi connectivity index (χ0) is 14.6. The monoisotopic (exact) mass is 285 g/mol. The highest BCUT2D eigenvalue weighted by Gasteiger charge is 2.17. The van der Waals surface area contributed by atoms with Gasteiger partial charge >= 0.3 is 0 Å². The lowest BCUT2D eigenvalue weighted by atomic mass is 9.88. The van der Waals surface area contributed by atoms with Crippen LogP contribution < -0.4 is 27.9 Å². The average molecular weight is 285 g/mol. The molecule has 1 aliphatic heterocycles. The van der Waals surface area contributed by atoms with Crippen LogP contribution in [0.15, 0.2) is 0 Å². The van der Waals surface area contributed by atoms with Gasteiger partial charge in [-0.05, 0) is 51.0 Å². The maximum Gasteiger partial charge on any atom is 0.0226 e. The molecule has 120 valence electrons. The van der Waals surface area contributed by atoms with Crippen molar-refractivity contribution in [1.82, 2.24) is 16.4 Å². The van der Waals surface area contributed by atoms with Crippen molar-refractivity contribution in [2.24, 2.45) is 17.4 Å². The van der Waals surface area contributed by atoms with Crippen molar-refractivity contribution in [1.29, 1.82) is 0 Å². The minimum Gasteiger partial charge on any atom is -0.330 e. The molecule has 7 N–H and O–H groups in total. The van der Waals surface area contributed by atoms with Gasteiger partial charge in [0.05, 0.1) is 0 Å². The van der Waals surface area contributed by atoms with Gasteiger partial charge in [0.15, 0.2) is 0 Å². The molecule has 1 rings (SSSR count). The molecule has 0 saturated carbocycles. The molecule has 5 nitrogen and oxygen atoms in total. The van der Waals surface area contributed by atoms with Crippen LogP contribution in [0.5, 0.6) is 0 Å². The number of hydrazine groups is 2. The molecule has 0 amide bonds. The largest absolute Gasteiger partial charge is 0.330 e. The summed E-state index contributed by atoms with van der Waals surface area (Å²) in [6, 6.07) is 0.879. The molecule has 3 unspecified atom stereocenters. The summed E-state index contributed by atoms with van der Waals surface area (Å²) in [6.45, 7) is 4.03. The summed E-state index contributed by atoms with van der Waals surface area (Å²) >= 11 is 0. The molecular weight excluding hydrogens is 250 g/mol. The van der Waals surface area contributed by atoms with E-state index in [-0.39, 0.29) is 0 Å². The van der Waals surface area contributed by atoms with E-state index in [9.17, 15) is 0 Å². The van der Waals surface area contributed by atoms with E-state index < -0.39 is 0 Å². The van der Waals surface area contributed by atoms with Gasteiger partial charge in [-0.25, -0.2) is 10.9 Å². The molecule has 0 aliphatic carbocycles. The Kier molecular flexibility index (Phi) is 10.2. The third kappa shape index (κ3) is 7.55. The maximum absolute atomic E-state index is 6.36. The summed E-state index contributed by atoms with van der Waals surface area (Å²) in [5.74, 6) is 0.687. The third-order valence-electron chi connectivity index (χ3n) is 4.47. The second-order valence-corrected chi connectivity index (χ2v) is 6.08. The van der Waals surface area contributed by atoms with Crippen LogP contribution in [0.1, 0.15) is 64.7 Å². The first-order valence-corrected chi connectivity index (χ1v) is 8.47. The van der Waals surface area contributed by atoms with Crippen molar-refractivity contribution < 1.29 is 0 Å². The van der Waals surface area contributed by atoms with Crippen LogP contribution in [0.4, 0.5) is 0 Å². The molecule has 1 aliphatic rings. The molecule has 0 bridgehead atoms. The lowest BCUT2D eigenvalue weighted by molar-refractivity contribution is 0.316. The van der Waals surface area contributed by atoms with E-state index >= 15 is 0 Å². The Labute approximate surface area is 124 Å². The van der Waals surface area contributed by atoms with Gasteiger partial charge < -0.3 is 11.5 Å². The zero-order valence-corrected chi connectivity index (χ0v) is 13.2. The predicted octanol–water partition coefficient (Wildman–Crippen LogP) is 1.40. The van der Waals surface area contributed by atoms with E-state index in [0.717, 1.165) is 32.4 Å².